The molecule has 0 spiro atoms. The van der Waals surface area contributed by atoms with Crippen molar-refractivity contribution in [1.82, 2.24) is 10.9 Å². The highest BCUT2D eigenvalue weighted by molar-refractivity contribution is 6.34. The minimum absolute atomic E-state index is 0.154. The molecular weight excluding hydrogens is 360 g/mol. The Kier molecular flexibility index (Phi) is 4.67. The molecule has 4 aromatic rings. The van der Waals surface area contributed by atoms with Crippen LogP contribution >= 0.6 is 0 Å². The Hall–Kier alpha value is -4.20. The second kappa shape index (κ2) is 7.58. The van der Waals surface area contributed by atoms with Crippen LogP contribution in [0, 0.1) is 0 Å². The van der Waals surface area contributed by atoms with Crippen molar-refractivity contribution < 1.29 is 18.4 Å². The lowest BCUT2D eigenvalue weighted by atomic mass is 10.2. The van der Waals surface area contributed by atoms with Gasteiger partial charge in [0, 0.05) is 22.9 Å². The van der Waals surface area contributed by atoms with Gasteiger partial charge in [-0.3, -0.25) is 9.59 Å². The predicted octanol–water partition coefficient (Wildman–Crippen LogP) is 1.74. The summed E-state index contributed by atoms with van der Waals surface area (Å²) in [4.78, 5) is 23.7. The van der Waals surface area contributed by atoms with Gasteiger partial charge in [0.05, 0.1) is 0 Å². The van der Waals surface area contributed by atoms with Gasteiger partial charge in [-0.05, 0) is 24.3 Å². The highest BCUT2D eigenvalue weighted by Gasteiger charge is 2.11. The largest absolute Gasteiger partial charge is 0.437 e. The van der Waals surface area contributed by atoms with Gasteiger partial charge >= 0.3 is 11.8 Å². The zero-order chi connectivity index (χ0) is 19.3. The Morgan fingerprint density at radius 1 is 0.607 bits per heavy atom. The maximum absolute atomic E-state index is 11.9. The number of fused-ring (bicyclic) bond motifs is 2. The molecule has 0 atom stereocenters. The monoisotopic (exact) mass is 374 g/mol. The van der Waals surface area contributed by atoms with E-state index in [0.717, 1.165) is 10.8 Å². The second-order valence-electron chi connectivity index (χ2n) is 5.73. The third-order valence-corrected chi connectivity index (χ3v) is 3.82. The van der Waals surface area contributed by atoms with E-state index < -0.39 is 11.8 Å². The number of nitrogens with zero attached hydrogens (tertiary/aromatic N) is 2. The molecule has 0 bridgehead atoms. The first-order valence-corrected chi connectivity index (χ1v) is 8.35. The average molecular weight is 374 g/mol. The number of benzene rings is 2. The van der Waals surface area contributed by atoms with E-state index in [2.05, 4.69) is 21.1 Å². The summed E-state index contributed by atoms with van der Waals surface area (Å²) in [5, 5.41) is 9.35. The number of carbonyl (C=O) groups excluding carboxylic acids is 2. The van der Waals surface area contributed by atoms with Gasteiger partial charge in [-0.15, -0.1) is 10.2 Å². The summed E-state index contributed by atoms with van der Waals surface area (Å²) in [7, 11) is 0. The SMILES string of the molecule is O=C(N/N=c1\ccc2ccccc2o1)C(=O)N/N=c1\ccc2ccccc2o1. The van der Waals surface area contributed by atoms with Crippen LogP contribution in [-0.2, 0) is 9.59 Å². The van der Waals surface area contributed by atoms with E-state index in [0.29, 0.717) is 11.2 Å². The Morgan fingerprint density at radius 2 is 1.04 bits per heavy atom. The predicted molar refractivity (Wildman–Crippen MR) is 99.8 cm³/mol. The molecule has 0 aliphatic carbocycles. The molecule has 0 aliphatic heterocycles. The molecule has 4 rings (SSSR count). The minimum Gasteiger partial charge on any atom is -0.437 e. The number of para-hydroxylation sites is 2. The summed E-state index contributed by atoms with van der Waals surface area (Å²) in [5.41, 5.74) is 5.76. The molecule has 0 aliphatic rings. The maximum atomic E-state index is 11.9. The van der Waals surface area contributed by atoms with E-state index >= 15 is 0 Å². The summed E-state index contributed by atoms with van der Waals surface area (Å²) in [5.74, 6) is -1.99. The third kappa shape index (κ3) is 3.80. The van der Waals surface area contributed by atoms with Gasteiger partial charge in [-0.25, -0.2) is 10.9 Å². The van der Waals surface area contributed by atoms with Crippen molar-refractivity contribution >= 4 is 33.8 Å². The topological polar surface area (TPSA) is 109 Å². The summed E-state index contributed by atoms with van der Waals surface area (Å²) >= 11 is 0. The summed E-state index contributed by atoms with van der Waals surface area (Å²) in [6.07, 6.45) is 0. The normalized spacial score (nSPS) is 12.3. The van der Waals surface area contributed by atoms with Crippen LogP contribution in [0.2, 0.25) is 0 Å². The van der Waals surface area contributed by atoms with E-state index in [4.69, 9.17) is 8.83 Å². The van der Waals surface area contributed by atoms with E-state index in [1.807, 2.05) is 36.4 Å². The Bertz CT molecular complexity index is 1220. The zero-order valence-corrected chi connectivity index (χ0v) is 14.5. The number of nitrogens with one attached hydrogen (secondary N) is 2. The van der Waals surface area contributed by atoms with Crippen molar-refractivity contribution in [3.05, 3.63) is 83.9 Å². The molecule has 2 aromatic carbocycles. The number of amides is 2. The molecule has 0 saturated heterocycles. The quantitative estimate of drug-likeness (QED) is 0.411. The fraction of sp³-hybridized carbons (Fsp3) is 0. The van der Waals surface area contributed by atoms with Crippen LogP contribution in [0.15, 0.2) is 91.8 Å². The van der Waals surface area contributed by atoms with Crippen LogP contribution in [0.5, 0.6) is 0 Å². The lowest BCUT2D eigenvalue weighted by Crippen LogP contribution is -2.37. The molecule has 2 heterocycles. The fourth-order valence-corrected chi connectivity index (χ4v) is 2.47. The van der Waals surface area contributed by atoms with Crippen molar-refractivity contribution in [3.63, 3.8) is 0 Å². The van der Waals surface area contributed by atoms with Crippen LogP contribution < -0.4 is 22.0 Å². The first kappa shape index (κ1) is 17.2. The van der Waals surface area contributed by atoms with Crippen molar-refractivity contribution in [3.8, 4) is 0 Å². The van der Waals surface area contributed by atoms with Crippen molar-refractivity contribution in [2.45, 2.75) is 0 Å². The smallest absolute Gasteiger partial charge is 0.331 e. The van der Waals surface area contributed by atoms with Gasteiger partial charge in [0.2, 0.25) is 11.1 Å². The summed E-state index contributed by atoms with van der Waals surface area (Å²) < 4.78 is 11.0. The Balaban J connectivity index is 1.45. The molecule has 0 fully saturated rings. The van der Waals surface area contributed by atoms with Crippen LogP contribution in [0.3, 0.4) is 0 Å². The van der Waals surface area contributed by atoms with Gasteiger partial charge in [-0.2, -0.15) is 0 Å². The zero-order valence-electron chi connectivity index (χ0n) is 14.5. The molecule has 138 valence electrons. The number of rotatable bonds is 2. The fourth-order valence-electron chi connectivity index (χ4n) is 2.47. The average Bonchev–Trinajstić information content (AvgIpc) is 2.75. The molecule has 2 aromatic heterocycles. The van der Waals surface area contributed by atoms with Gasteiger partial charge < -0.3 is 8.83 Å². The number of hydrogen-bond donors (Lipinski definition) is 2. The summed E-state index contributed by atoms with van der Waals surface area (Å²) in [6, 6.07) is 21.5. The molecule has 0 unspecified atom stereocenters. The minimum atomic E-state index is -0.993. The van der Waals surface area contributed by atoms with E-state index in [1.165, 1.54) is 0 Å². The maximum Gasteiger partial charge on any atom is 0.331 e. The lowest BCUT2D eigenvalue weighted by molar-refractivity contribution is -0.139. The third-order valence-electron chi connectivity index (χ3n) is 3.82. The molecule has 8 heteroatoms. The van der Waals surface area contributed by atoms with Crippen LogP contribution in [0.1, 0.15) is 0 Å². The number of carbonyl (C=O) groups is 2. The van der Waals surface area contributed by atoms with Crippen LogP contribution in [0.25, 0.3) is 21.9 Å². The number of hydrogen-bond acceptors (Lipinski definition) is 6. The standard InChI is InChI=1S/C20H14N4O4/c25-19(23-21-17-11-9-13-5-1-3-7-15(13)27-17)20(26)24-22-18-12-10-14-6-2-4-8-16(14)28-18/h1-12H,(H,23,25)(H,24,26)/b21-17+,22-18+. The van der Waals surface area contributed by atoms with Gasteiger partial charge in [0.25, 0.3) is 0 Å². The molecule has 2 amide bonds. The Morgan fingerprint density at radius 3 is 1.50 bits per heavy atom. The van der Waals surface area contributed by atoms with Crippen molar-refractivity contribution in [2.75, 3.05) is 0 Å². The van der Waals surface area contributed by atoms with Crippen LogP contribution in [-0.4, -0.2) is 11.8 Å². The molecule has 28 heavy (non-hydrogen) atoms. The molecule has 8 nitrogen and oxygen atoms in total. The van der Waals surface area contributed by atoms with Crippen LogP contribution in [0.4, 0.5) is 0 Å². The van der Waals surface area contributed by atoms with Gasteiger partial charge in [0.15, 0.2) is 0 Å². The van der Waals surface area contributed by atoms with E-state index in [1.54, 1.807) is 36.4 Å². The molecular formula is C20H14N4O4. The second-order valence-corrected chi connectivity index (χ2v) is 5.73. The highest BCUT2D eigenvalue weighted by atomic mass is 16.3. The molecule has 0 saturated carbocycles. The summed E-state index contributed by atoms with van der Waals surface area (Å²) in [6.45, 7) is 0. The van der Waals surface area contributed by atoms with Crippen molar-refractivity contribution in [1.29, 1.82) is 0 Å². The van der Waals surface area contributed by atoms with E-state index in [-0.39, 0.29) is 11.1 Å². The van der Waals surface area contributed by atoms with Gasteiger partial charge in [-0.1, -0.05) is 36.4 Å². The molecule has 0 radical (unpaired) electrons. The Labute approximate surface area is 157 Å². The highest BCUT2D eigenvalue weighted by Crippen LogP contribution is 2.10. The van der Waals surface area contributed by atoms with Crippen molar-refractivity contribution in [2.24, 2.45) is 10.2 Å². The van der Waals surface area contributed by atoms with E-state index in [9.17, 15) is 9.59 Å². The molecule has 2 N–H and O–H groups in total. The first-order chi connectivity index (χ1) is 13.7. The lowest BCUT2D eigenvalue weighted by Gasteiger charge is -1.99. The van der Waals surface area contributed by atoms with Gasteiger partial charge in [0.1, 0.15) is 11.2 Å². The first-order valence-electron chi connectivity index (χ1n) is 8.35.